The van der Waals surface area contributed by atoms with Crippen molar-refractivity contribution in [2.24, 2.45) is 5.92 Å². The summed E-state index contributed by atoms with van der Waals surface area (Å²) in [5.74, 6) is 0.956. The standard InChI is InChI=1S/C5H12Te/c1-5(2)4-6-3/h5H,4H2,1-3H3. The van der Waals surface area contributed by atoms with Crippen LogP contribution < -0.4 is 0 Å². The summed E-state index contributed by atoms with van der Waals surface area (Å²) in [6, 6.07) is 0. The Morgan fingerprint density at radius 1 is 1.50 bits per heavy atom. The normalized spacial score (nSPS) is 10.0. The molecule has 0 radical (unpaired) electrons. The SMILES string of the molecule is C[Te]CC(C)C. The molecule has 0 aliphatic heterocycles. The summed E-state index contributed by atoms with van der Waals surface area (Å²) in [4.78, 5) is 2.35. The molecule has 0 rings (SSSR count). The van der Waals surface area contributed by atoms with Gasteiger partial charge in [-0.2, -0.15) is 0 Å². The summed E-state index contributed by atoms with van der Waals surface area (Å²) in [7, 11) is 0. The van der Waals surface area contributed by atoms with Gasteiger partial charge in [-0.25, -0.2) is 0 Å². The summed E-state index contributed by atoms with van der Waals surface area (Å²) < 4.78 is 1.50. The average molecular weight is 200 g/mol. The fraction of sp³-hybridized carbons (Fsp3) is 1.00. The predicted octanol–water partition coefficient (Wildman–Crippen LogP) is 1.81. The van der Waals surface area contributed by atoms with Crippen LogP contribution >= 0.6 is 0 Å². The Hall–Kier alpha value is 0.790. The Labute approximate surface area is 50.4 Å². The molecule has 0 aromatic rings. The van der Waals surface area contributed by atoms with Crippen LogP contribution in [-0.4, -0.2) is 20.9 Å². The monoisotopic (exact) mass is 202 g/mol. The fourth-order valence-corrected chi connectivity index (χ4v) is 2.24. The van der Waals surface area contributed by atoms with Crippen LogP contribution in [0.4, 0.5) is 0 Å². The van der Waals surface area contributed by atoms with Crippen LogP contribution in [0.15, 0.2) is 0 Å². The first kappa shape index (κ1) is 6.79. The Kier molecular flexibility index (Phi) is 4.48. The molecule has 0 N–H and O–H groups in total. The molecular formula is C5H12Te. The predicted molar refractivity (Wildman–Crippen MR) is 31.3 cm³/mol. The van der Waals surface area contributed by atoms with Crippen LogP contribution in [0.2, 0.25) is 9.44 Å². The third-order valence-corrected chi connectivity index (χ3v) is 3.35. The van der Waals surface area contributed by atoms with Crippen molar-refractivity contribution in [1.82, 2.24) is 0 Å². The quantitative estimate of drug-likeness (QED) is 0.596. The van der Waals surface area contributed by atoms with Gasteiger partial charge in [-0.15, -0.1) is 0 Å². The van der Waals surface area contributed by atoms with E-state index in [0.29, 0.717) is 20.9 Å². The second-order valence-electron chi connectivity index (χ2n) is 1.85. The van der Waals surface area contributed by atoms with E-state index in [0.717, 1.165) is 5.92 Å². The third kappa shape index (κ3) is 4.79. The van der Waals surface area contributed by atoms with Gasteiger partial charge in [0.2, 0.25) is 0 Å². The first-order valence-electron chi connectivity index (χ1n) is 2.26. The van der Waals surface area contributed by atoms with Crippen LogP contribution in [0.1, 0.15) is 13.8 Å². The second kappa shape index (κ2) is 3.96. The van der Waals surface area contributed by atoms with E-state index in [1.54, 1.807) is 0 Å². The van der Waals surface area contributed by atoms with Gasteiger partial charge in [0.05, 0.1) is 0 Å². The molecule has 0 aromatic heterocycles. The minimum atomic E-state index is 0.428. The molecule has 0 fully saturated rings. The van der Waals surface area contributed by atoms with Crippen LogP contribution in [0, 0.1) is 5.92 Å². The van der Waals surface area contributed by atoms with E-state index < -0.39 is 0 Å². The zero-order valence-corrected chi connectivity index (χ0v) is 7.02. The molecule has 0 amide bonds. The second-order valence-corrected chi connectivity index (χ2v) is 4.45. The molecule has 38 valence electrons. The Bertz CT molecular complexity index is 25.1. The number of hydrogen-bond donors (Lipinski definition) is 0. The van der Waals surface area contributed by atoms with Crippen LogP contribution in [0.3, 0.4) is 0 Å². The first-order chi connectivity index (χ1) is 2.77. The summed E-state index contributed by atoms with van der Waals surface area (Å²) in [5, 5.41) is 0. The van der Waals surface area contributed by atoms with Crippen LogP contribution in [0.5, 0.6) is 0 Å². The Morgan fingerprint density at radius 2 is 2.00 bits per heavy atom. The van der Waals surface area contributed by atoms with E-state index in [4.69, 9.17) is 0 Å². The third-order valence-electron chi connectivity index (χ3n) is 0.500. The van der Waals surface area contributed by atoms with Crippen molar-refractivity contribution < 1.29 is 0 Å². The Balaban J connectivity index is 2.63. The van der Waals surface area contributed by atoms with Gasteiger partial charge in [0.15, 0.2) is 0 Å². The van der Waals surface area contributed by atoms with Crippen molar-refractivity contribution in [3.05, 3.63) is 0 Å². The zero-order valence-electron chi connectivity index (χ0n) is 4.69. The Morgan fingerprint density at radius 3 is 2.00 bits per heavy atom. The molecule has 0 heterocycles. The molecule has 0 saturated carbocycles. The zero-order chi connectivity index (χ0) is 4.99. The van der Waals surface area contributed by atoms with E-state index in [-0.39, 0.29) is 0 Å². The van der Waals surface area contributed by atoms with Crippen molar-refractivity contribution >= 4 is 20.9 Å². The summed E-state index contributed by atoms with van der Waals surface area (Å²) in [6.07, 6.45) is 0. The van der Waals surface area contributed by atoms with Crippen LogP contribution in [0.25, 0.3) is 0 Å². The average Bonchev–Trinajstić information content (AvgIpc) is 1.35. The molecule has 0 aliphatic rings. The van der Waals surface area contributed by atoms with Gasteiger partial charge in [0.1, 0.15) is 0 Å². The molecule has 0 spiro atoms. The number of hydrogen-bond acceptors (Lipinski definition) is 0. The van der Waals surface area contributed by atoms with Crippen molar-refractivity contribution in [3.63, 3.8) is 0 Å². The van der Waals surface area contributed by atoms with Gasteiger partial charge in [0.25, 0.3) is 0 Å². The van der Waals surface area contributed by atoms with Gasteiger partial charge in [0, 0.05) is 0 Å². The molecule has 0 aromatic carbocycles. The van der Waals surface area contributed by atoms with E-state index in [2.05, 4.69) is 18.8 Å². The molecule has 0 nitrogen and oxygen atoms in total. The van der Waals surface area contributed by atoms with Gasteiger partial charge >= 0.3 is 50.1 Å². The molecule has 0 unspecified atom stereocenters. The summed E-state index contributed by atoms with van der Waals surface area (Å²) in [6.45, 7) is 4.57. The van der Waals surface area contributed by atoms with Gasteiger partial charge < -0.3 is 0 Å². The molecule has 6 heavy (non-hydrogen) atoms. The maximum absolute atomic E-state index is 2.35. The molecule has 0 atom stereocenters. The first-order valence-corrected chi connectivity index (χ1v) is 6.24. The summed E-state index contributed by atoms with van der Waals surface area (Å²) in [5.41, 5.74) is 0. The van der Waals surface area contributed by atoms with Gasteiger partial charge in [-0.1, -0.05) is 0 Å². The molecule has 0 saturated heterocycles. The summed E-state index contributed by atoms with van der Waals surface area (Å²) >= 11 is 0.428. The molecule has 1 heteroatoms. The molecule has 0 aliphatic carbocycles. The van der Waals surface area contributed by atoms with Crippen LogP contribution in [-0.2, 0) is 0 Å². The van der Waals surface area contributed by atoms with Crippen molar-refractivity contribution in [2.45, 2.75) is 23.3 Å². The maximum atomic E-state index is 2.35. The molecular weight excluding hydrogens is 188 g/mol. The van der Waals surface area contributed by atoms with E-state index >= 15 is 0 Å². The van der Waals surface area contributed by atoms with E-state index in [1.165, 1.54) is 4.47 Å². The van der Waals surface area contributed by atoms with Gasteiger partial charge in [-0.3, -0.25) is 0 Å². The van der Waals surface area contributed by atoms with Crippen molar-refractivity contribution in [2.75, 3.05) is 0 Å². The van der Waals surface area contributed by atoms with Gasteiger partial charge in [-0.05, 0) is 0 Å². The van der Waals surface area contributed by atoms with Crippen molar-refractivity contribution in [1.29, 1.82) is 0 Å². The van der Waals surface area contributed by atoms with Crippen molar-refractivity contribution in [3.8, 4) is 0 Å². The van der Waals surface area contributed by atoms with E-state index in [1.807, 2.05) is 0 Å². The fourth-order valence-electron chi connectivity index (χ4n) is 0.333. The van der Waals surface area contributed by atoms with E-state index in [9.17, 15) is 0 Å². The minimum absolute atomic E-state index is 0.428. The number of rotatable bonds is 2. The molecule has 0 bridgehead atoms. The topological polar surface area (TPSA) is 0 Å².